The molecular weight excluding hydrogens is 522 g/mol. The molecule has 3 heterocycles. The topological polar surface area (TPSA) is 99.8 Å². The Labute approximate surface area is 240 Å². The van der Waals surface area contributed by atoms with E-state index in [0.717, 1.165) is 80.6 Å². The Bertz CT molecular complexity index is 1340. The molecule has 1 aliphatic heterocycles. The number of hydrogen-bond acceptors (Lipinski definition) is 9. The van der Waals surface area contributed by atoms with Crippen LogP contribution in [0, 0.1) is 0 Å². The molecule has 1 atom stereocenters. The third kappa shape index (κ3) is 5.75. The molecule has 3 aliphatic rings. The number of piperazine rings is 1. The van der Waals surface area contributed by atoms with E-state index in [9.17, 15) is 4.79 Å². The van der Waals surface area contributed by atoms with E-state index in [4.69, 9.17) is 20.4 Å². The van der Waals surface area contributed by atoms with Crippen LogP contribution in [-0.2, 0) is 11.2 Å². The van der Waals surface area contributed by atoms with Crippen molar-refractivity contribution in [3.05, 3.63) is 34.7 Å². The molecule has 10 heteroatoms. The highest BCUT2D eigenvalue weighted by molar-refractivity contribution is 7.19. The number of aryl methyl sites for hydroxylation is 1. The third-order valence-corrected chi connectivity index (χ3v) is 10.0. The first-order chi connectivity index (χ1) is 19.3. The lowest BCUT2D eigenvalue weighted by molar-refractivity contribution is -0.118. The van der Waals surface area contributed by atoms with Crippen molar-refractivity contribution in [3.63, 3.8) is 0 Å². The Morgan fingerprint density at radius 2 is 1.80 bits per heavy atom. The molecule has 214 valence electrons. The number of nitrogens with zero attached hydrogens (tertiary/aromatic N) is 5. The Morgan fingerprint density at radius 1 is 1.07 bits per heavy atom. The fraction of sp³-hybridized carbons (Fsp3) is 0.567. The summed E-state index contributed by atoms with van der Waals surface area (Å²) in [6, 6.07) is 9.13. The lowest BCUT2D eigenvalue weighted by Gasteiger charge is -2.34. The van der Waals surface area contributed by atoms with Gasteiger partial charge < -0.3 is 30.5 Å². The zero-order valence-corrected chi connectivity index (χ0v) is 24.7. The van der Waals surface area contributed by atoms with Crippen LogP contribution in [0.25, 0.3) is 10.2 Å². The largest absolute Gasteiger partial charge is 0.474 e. The summed E-state index contributed by atoms with van der Waals surface area (Å²) in [6.45, 7) is 4.25. The molecule has 1 aromatic carbocycles. The van der Waals surface area contributed by atoms with Gasteiger partial charge in [0.1, 0.15) is 10.9 Å². The number of primary amides is 1. The van der Waals surface area contributed by atoms with E-state index in [0.29, 0.717) is 24.3 Å². The van der Waals surface area contributed by atoms with Crippen molar-refractivity contribution in [1.82, 2.24) is 19.8 Å². The van der Waals surface area contributed by atoms with Crippen molar-refractivity contribution in [1.29, 1.82) is 0 Å². The zero-order valence-electron chi connectivity index (χ0n) is 23.9. The van der Waals surface area contributed by atoms with Crippen molar-refractivity contribution in [2.75, 3.05) is 57.5 Å². The van der Waals surface area contributed by atoms with Crippen LogP contribution in [0.15, 0.2) is 24.3 Å². The molecule has 0 radical (unpaired) electrons. The summed E-state index contributed by atoms with van der Waals surface area (Å²) in [4.78, 5) is 31.0. The number of nitrogens with two attached hydrogens (primary N) is 1. The van der Waals surface area contributed by atoms with Gasteiger partial charge in [-0.1, -0.05) is 0 Å². The second-order valence-corrected chi connectivity index (χ2v) is 12.9. The van der Waals surface area contributed by atoms with Gasteiger partial charge in [0.2, 0.25) is 17.7 Å². The Balaban J connectivity index is 1.27. The number of likely N-dealkylation sites (N-methyl/N-ethyl adjacent to an activating group) is 1. The molecule has 2 aromatic heterocycles. The molecule has 0 bridgehead atoms. The van der Waals surface area contributed by atoms with Gasteiger partial charge in [0.05, 0.1) is 5.39 Å². The van der Waals surface area contributed by atoms with Crippen LogP contribution in [0.3, 0.4) is 0 Å². The van der Waals surface area contributed by atoms with Gasteiger partial charge in [0, 0.05) is 54.9 Å². The van der Waals surface area contributed by atoms with Crippen molar-refractivity contribution in [2.45, 2.75) is 63.0 Å². The molecule has 6 rings (SSSR count). The summed E-state index contributed by atoms with van der Waals surface area (Å²) in [5.41, 5.74) is 8.99. The first-order valence-corrected chi connectivity index (χ1v) is 15.4. The lowest BCUT2D eigenvalue weighted by atomic mass is 9.92. The average Bonchev–Trinajstić information content (AvgIpc) is 3.49. The van der Waals surface area contributed by atoms with E-state index >= 15 is 0 Å². The van der Waals surface area contributed by atoms with E-state index in [2.05, 4.69) is 65.4 Å². The van der Waals surface area contributed by atoms with E-state index < -0.39 is 0 Å². The number of thiophene rings is 1. The Kier molecular flexibility index (Phi) is 7.83. The van der Waals surface area contributed by atoms with Gasteiger partial charge in [-0.15, -0.1) is 11.3 Å². The molecule has 2 aliphatic carbocycles. The van der Waals surface area contributed by atoms with Crippen LogP contribution in [0.5, 0.6) is 5.88 Å². The van der Waals surface area contributed by atoms with Gasteiger partial charge in [-0.25, -0.2) is 4.98 Å². The molecule has 3 N–H and O–H groups in total. The van der Waals surface area contributed by atoms with Crippen LogP contribution in [0.2, 0.25) is 0 Å². The van der Waals surface area contributed by atoms with Crippen molar-refractivity contribution in [3.8, 4) is 5.88 Å². The SMILES string of the molecule is CN1CCN(c2ccc(Nc3nc(O[C@H]4CC[C@H](N(C)C)CC4)c4c5c(sc4n3)CC[C@@H]5CC(N)=O)cc2)CC1. The molecule has 1 amide bonds. The van der Waals surface area contributed by atoms with E-state index in [-0.39, 0.29) is 17.9 Å². The highest BCUT2D eigenvalue weighted by Gasteiger charge is 2.33. The smallest absolute Gasteiger partial charge is 0.231 e. The van der Waals surface area contributed by atoms with Gasteiger partial charge in [-0.3, -0.25) is 4.79 Å². The summed E-state index contributed by atoms with van der Waals surface area (Å²) in [6.07, 6.45) is 6.59. The summed E-state index contributed by atoms with van der Waals surface area (Å²) < 4.78 is 6.69. The van der Waals surface area contributed by atoms with E-state index in [1.165, 1.54) is 16.1 Å². The number of amides is 1. The highest BCUT2D eigenvalue weighted by atomic mass is 32.1. The Morgan fingerprint density at radius 3 is 2.48 bits per heavy atom. The van der Waals surface area contributed by atoms with Gasteiger partial charge in [-0.2, -0.15) is 4.98 Å². The van der Waals surface area contributed by atoms with E-state index in [1.807, 2.05) is 0 Å². The molecule has 1 saturated heterocycles. The number of carbonyl (C=O) groups is 1. The fourth-order valence-corrected chi connectivity index (χ4v) is 7.74. The molecule has 3 aromatic rings. The van der Waals surface area contributed by atoms with Crippen molar-refractivity contribution < 1.29 is 9.53 Å². The fourth-order valence-electron chi connectivity index (χ4n) is 6.48. The van der Waals surface area contributed by atoms with Gasteiger partial charge in [0.15, 0.2) is 0 Å². The normalized spacial score (nSPS) is 23.5. The number of fused-ring (bicyclic) bond motifs is 3. The summed E-state index contributed by atoms with van der Waals surface area (Å²) in [5.74, 6) is 1.03. The standard InChI is InChI=1S/C30H41N7O2S/c1-35(2)21-9-11-23(12-10-21)39-28-27-26-19(18-25(31)38)4-13-24(26)40-29(27)34-30(33-28)32-20-5-7-22(8-6-20)37-16-14-36(3)15-17-37/h5-8,19,21,23H,4,9-18H2,1-3H3,(H2,31,38)(H,32,33,34)/t19-,21-,23-/m1/s1. The minimum atomic E-state index is -0.263. The number of rotatable bonds is 8. The maximum Gasteiger partial charge on any atom is 0.231 e. The number of carbonyl (C=O) groups excluding carboxylic acids is 1. The minimum absolute atomic E-state index is 0.109. The summed E-state index contributed by atoms with van der Waals surface area (Å²) in [7, 11) is 6.49. The summed E-state index contributed by atoms with van der Waals surface area (Å²) in [5, 5.41) is 4.42. The number of anilines is 3. The molecule has 40 heavy (non-hydrogen) atoms. The number of aromatic nitrogens is 2. The Hall–Kier alpha value is -2.95. The number of benzene rings is 1. The highest BCUT2D eigenvalue weighted by Crippen LogP contribution is 2.48. The third-order valence-electron chi connectivity index (χ3n) is 8.85. The van der Waals surface area contributed by atoms with Crippen LogP contribution < -0.4 is 20.7 Å². The summed E-state index contributed by atoms with van der Waals surface area (Å²) >= 11 is 1.70. The molecule has 0 unspecified atom stereocenters. The second kappa shape index (κ2) is 11.5. The van der Waals surface area contributed by atoms with Gasteiger partial charge in [-0.05, 0) is 95.4 Å². The molecular formula is C30H41N7O2S. The number of hydrogen-bond donors (Lipinski definition) is 2. The van der Waals surface area contributed by atoms with E-state index in [1.54, 1.807) is 11.3 Å². The first-order valence-electron chi connectivity index (χ1n) is 14.6. The number of nitrogens with one attached hydrogen (secondary N) is 1. The van der Waals surface area contributed by atoms with Crippen LogP contribution >= 0.6 is 11.3 Å². The molecule has 1 saturated carbocycles. The van der Waals surface area contributed by atoms with Crippen molar-refractivity contribution >= 4 is 44.8 Å². The lowest BCUT2D eigenvalue weighted by Crippen LogP contribution is -2.44. The second-order valence-electron chi connectivity index (χ2n) is 11.9. The van der Waals surface area contributed by atoms with Gasteiger partial charge >= 0.3 is 0 Å². The molecule has 9 nitrogen and oxygen atoms in total. The average molecular weight is 564 g/mol. The van der Waals surface area contributed by atoms with Crippen molar-refractivity contribution in [2.24, 2.45) is 5.73 Å². The zero-order chi connectivity index (χ0) is 27.8. The maximum atomic E-state index is 11.9. The molecule has 2 fully saturated rings. The minimum Gasteiger partial charge on any atom is -0.474 e. The monoisotopic (exact) mass is 563 g/mol. The predicted octanol–water partition coefficient (Wildman–Crippen LogP) is 4.34. The molecule has 0 spiro atoms. The first kappa shape index (κ1) is 27.2. The number of ether oxygens (including phenoxy) is 1. The van der Waals surface area contributed by atoms with Crippen LogP contribution in [0.4, 0.5) is 17.3 Å². The quantitative estimate of drug-likeness (QED) is 0.418. The van der Waals surface area contributed by atoms with Crippen LogP contribution in [0.1, 0.15) is 54.9 Å². The van der Waals surface area contributed by atoms with Gasteiger partial charge in [0.25, 0.3) is 0 Å². The maximum absolute atomic E-state index is 11.9. The predicted molar refractivity (Wildman–Crippen MR) is 162 cm³/mol. The van der Waals surface area contributed by atoms with Crippen LogP contribution in [-0.4, -0.2) is 85.1 Å².